The molecule has 0 aliphatic rings. The van der Waals surface area contributed by atoms with Gasteiger partial charge in [-0.2, -0.15) is 0 Å². The van der Waals surface area contributed by atoms with Gasteiger partial charge < -0.3 is 0 Å². The van der Waals surface area contributed by atoms with E-state index in [1.165, 1.54) is 4.04 Å². The van der Waals surface area contributed by atoms with E-state index in [1.54, 1.807) is 0 Å². The molecule has 0 bridgehead atoms. The third-order valence-corrected chi connectivity index (χ3v) is 3.00. The van der Waals surface area contributed by atoms with E-state index in [9.17, 15) is 0 Å². The van der Waals surface area contributed by atoms with Crippen molar-refractivity contribution in [3.8, 4) is 0 Å². The standard InChI is InChI=1S/C6H4Cl.CH2Cl.Pd/c7-6-4-2-1-3-5-6;1-2;/h1-2,4-5H;1H2;. The summed E-state index contributed by atoms with van der Waals surface area (Å²) in [5, 5.41) is 0.793. The van der Waals surface area contributed by atoms with Crippen molar-refractivity contribution in [3.63, 3.8) is 0 Å². The van der Waals surface area contributed by atoms with Gasteiger partial charge in [-0.3, -0.25) is 0 Å². The topological polar surface area (TPSA) is 0 Å². The van der Waals surface area contributed by atoms with E-state index in [2.05, 4.69) is 0 Å². The van der Waals surface area contributed by atoms with Crippen LogP contribution in [0.2, 0.25) is 5.02 Å². The molecule has 10 heavy (non-hydrogen) atoms. The fraction of sp³-hybridized carbons (Fsp3) is 0.143. The molecule has 0 fully saturated rings. The van der Waals surface area contributed by atoms with Crippen LogP contribution >= 0.6 is 23.2 Å². The molecule has 0 atom stereocenters. The summed E-state index contributed by atoms with van der Waals surface area (Å²) < 4.78 is 1.95. The average molecular weight is 267 g/mol. The molecule has 0 N–H and O–H groups in total. The molecule has 0 spiro atoms. The number of alkyl halides is 1. The van der Waals surface area contributed by atoms with Crippen LogP contribution < -0.4 is 4.04 Å². The Morgan fingerprint density at radius 3 is 2.80 bits per heavy atom. The Morgan fingerprint density at radius 1 is 1.40 bits per heavy atom. The first kappa shape index (κ1) is 8.56. The molecule has 0 heterocycles. The number of rotatable bonds is 2. The van der Waals surface area contributed by atoms with Crippen LogP contribution in [0.4, 0.5) is 0 Å². The molecular formula is C7H6Cl2Pd. The summed E-state index contributed by atoms with van der Waals surface area (Å²) in [4.78, 5) is 0. The summed E-state index contributed by atoms with van der Waals surface area (Å²) in [7, 11) is 0. The summed E-state index contributed by atoms with van der Waals surface area (Å²) in [6.07, 6.45) is 0. The number of hydrogen-bond acceptors (Lipinski definition) is 0. The van der Waals surface area contributed by atoms with Gasteiger partial charge >= 0.3 is 78.9 Å². The van der Waals surface area contributed by atoms with E-state index in [0.29, 0.717) is 22.3 Å². The molecule has 0 aliphatic heterocycles. The van der Waals surface area contributed by atoms with Crippen molar-refractivity contribution < 1.29 is 18.0 Å². The summed E-state index contributed by atoms with van der Waals surface area (Å²) in [5.41, 5.74) is 0. The van der Waals surface area contributed by atoms with Crippen LogP contribution in [0.25, 0.3) is 0 Å². The molecule has 0 amide bonds. The van der Waals surface area contributed by atoms with Crippen molar-refractivity contribution in [1.82, 2.24) is 0 Å². The zero-order valence-corrected chi connectivity index (χ0v) is 8.16. The van der Waals surface area contributed by atoms with Crippen molar-refractivity contribution in [2.24, 2.45) is 0 Å². The summed E-state index contributed by atoms with van der Waals surface area (Å²) in [6.45, 7) is 0. The van der Waals surface area contributed by atoms with Gasteiger partial charge in [-0.1, -0.05) is 0 Å². The quantitative estimate of drug-likeness (QED) is 0.569. The number of halogens is 2. The van der Waals surface area contributed by atoms with Crippen molar-refractivity contribution in [2.75, 3.05) is 4.35 Å². The molecule has 0 aliphatic carbocycles. The molecule has 0 aromatic heterocycles. The SMILES string of the molecule is Cl[CH2][Pd][c]1cccc(Cl)c1. The van der Waals surface area contributed by atoms with Crippen LogP contribution in [-0.4, -0.2) is 4.35 Å². The van der Waals surface area contributed by atoms with E-state index in [-0.39, 0.29) is 0 Å². The van der Waals surface area contributed by atoms with Crippen LogP contribution in [0.5, 0.6) is 0 Å². The Hall–Kier alpha value is 0.462. The first-order valence-electron chi connectivity index (χ1n) is 2.66. The summed E-state index contributed by atoms with van der Waals surface area (Å²) >= 11 is 11.8. The first-order chi connectivity index (χ1) is 4.83. The van der Waals surface area contributed by atoms with Gasteiger partial charge in [0.05, 0.1) is 0 Å². The number of hydrogen-bond donors (Lipinski definition) is 0. The average Bonchev–Trinajstić information content (AvgIpc) is 1.88. The normalized spacial score (nSPS) is 10.2. The predicted octanol–water partition coefficient (Wildman–Crippen LogP) is 2.24. The summed E-state index contributed by atoms with van der Waals surface area (Å²) in [5.74, 6) is 0. The Morgan fingerprint density at radius 2 is 2.20 bits per heavy atom. The van der Waals surface area contributed by atoms with E-state index in [4.69, 9.17) is 23.2 Å². The first-order valence-corrected chi connectivity index (χ1v) is 5.45. The molecule has 1 rings (SSSR count). The van der Waals surface area contributed by atoms with Crippen LogP contribution in [-0.2, 0) is 18.0 Å². The second kappa shape index (κ2) is 4.36. The zero-order valence-electron chi connectivity index (χ0n) is 5.09. The van der Waals surface area contributed by atoms with Crippen LogP contribution in [0.15, 0.2) is 24.3 Å². The van der Waals surface area contributed by atoms with E-state index >= 15 is 0 Å². The molecular weight excluding hydrogens is 261 g/mol. The Kier molecular flexibility index (Phi) is 3.73. The molecule has 0 saturated heterocycles. The van der Waals surface area contributed by atoms with E-state index in [1.807, 2.05) is 24.3 Å². The van der Waals surface area contributed by atoms with Crippen molar-refractivity contribution in [2.45, 2.75) is 0 Å². The van der Waals surface area contributed by atoms with E-state index in [0.717, 1.165) is 5.02 Å². The van der Waals surface area contributed by atoms with Crippen molar-refractivity contribution in [1.29, 1.82) is 0 Å². The van der Waals surface area contributed by atoms with Gasteiger partial charge in [0.15, 0.2) is 0 Å². The van der Waals surface area contributed by atoms with Crippen LogP contribution in [0, 0.1) is 0 Å². The molecule has 1 aromatic carbocycles. The van der Waals surface area contributed by atoms with Crippen LogP contribution in [0.1, 0.15) is 0 Å². The third-order valence-electron chi connectivity index (χ3n) is 0.939. The zero-order chi connectivity index (χ0) is 7.40. The molecule has 0 nitrogen and oxygen atoms in total. The van der Waals surface area contributed by atoms with E-state index < -0.39 is 0 Å². The monoisotopic (exact) mass is 266 g/mol. The van der Waals surface area contributed by atoms with Gasteiger partial charge in [-0.15, -0.1) is 0 Å². The Labute approximate surface area is 78.7 Å². The van der Waals surface area contributed by atoms with Gasteiger partial charge in [-0.05, 0) is 0 Å². The second-order valence-electron chi connectivity index (χ2n) is 1.60. The van der Waals surface area contributed by atoms with Gasteiger partial charge in [0.25, 0.3) is 0 Å². The molecule has 1 aromatic rings. The van der Waals surface area contributed by atoms with Gasteiger partial charge in [0.1, 0.15) is 0 Å². The van der Waals surface area contributed by atoms with Gasteiger partial charge in [0.2, 0.25) is 0 Å². The second-order valence-corrected chi connectivity index (χ2v) is 4.90. The maximum absolute atomic E-state index is 5.75. The van der Waals surface area contributed by atoms with Gasteiger partial charge in [-0.25, -0.2) is 0 Å². The van der Waals surface area contributed by atoms with Crippen molar-refractivity contribution >= 4 is 27.2 Å². The minimum absolute atomic E-state index is 0.483. The fourth-order valence-electron chi connectivity index (χ4n) is 0.564. The fourth-order valence-corrected chi connectivity index (χ4v) is 2.43. The molecule has 0 radical (unpaired) electrons. The molecule has 3 heteroatoms. The Balaban J connectivity index is 2.75. The van der Waals surface area contributed by atoms with Crippen molar-refractivity contribution in [3.05, 3.63) is 29.3 Å². The predicted molar refractivity (Wildman–Crippen MR) is 41.8 cm³/mol. The minimum atomic E-state index is 0.483. The maximum atomic E-state index is 5.75. The summed E-state index contributed by atoms with van der Waals surface area (Å²) in [6, 6.07) is 7.82. The molecule has 0 unspecified atom stereocenters. The third kappa shape index (κ3) is 2.60. The molecule has 58 valence electrons. The number of benzene rings is 1. The molecule has 0 saturated carbocycles. The Bertz CT molecular complexity index is 213. The van der Waals surface area contributed by atoms with Crippen LogP contribution in [0.3, 0.4) is 0 Å². The van der Waals surface area contributed by atoms with Gasteiger partial charge in [0, 0.05) is 0 Å².